The van der Waals surface area contributed by atoms with E-state index >= 15 is 0 Å². The molecule has 1 fully saturated rings. The minimum absolute atomic E-state index is 0.0669. The highest BCUT2D eigenvalue weighted by molar-refractivity contribution is 8.18. The van der Waals surface area contributed by atoms with E-state index in [0.29, 0.717) is 11.8 Å². The number of rotatable bonds is 3. The smallest absolute Gasteiger partial charge is 0.294 e. The molecule has 0 aromatic heterocycles. The van der Waals surface area contributed by atoms with E-state index in [2.05, 4.69) is 0 Å². The lowest BCUT2D eigenvalue weighted by molar-refractivity contribution is -0.127. The number of nitrogens with two attached hydrogens (primary N) is 1. The Balaban J connectivity index is 2.30. The first-order chi connectivity index (χ1) is 9.38. The summed E-state index contributed by atoms with van der Waals surface area (Å²) in [6, 6.07) is 3.84. The molecule has 8 heteroatoms. The second kappa shape index (κ2) is 5.25. The molecule has 3 amide bonds. The van der Waals surface area contributed by atoms with Crippen LogP contribution in [-0.4, -0.2) is 38.7 Å². The van der Waals surface area contributed by atoms with Crippen LogP contribution in [0.15, 0.2) is 23.1 Å². The number of thioether (sulfide) groups is 1. The maximum atomic E-state index is 11.9. The molecule has 0 aliphatic carbocycles. The maximum Gasteiger partial charge on any atom is 0.294 e. The van der Waals surface area contributed by atoms with Crippen LogP contribution in [0.5, 0.6) is 11.5 Å². The number of imide groups is 1. The Morgan fingerprint density at radius 3 is 2.65 bits per heavy atom. The number of hydrogen-bond acceptors (Lipinski definition) is 6. The van der Waals surface area contributed by atoms with Gasteiger partial charge < -0.3 is 15.9 Å². The van der Waals surface area contributed by atoms with Crippen LogP contribution in [0.4, 0.5) is 4.79 Å². The van der Waals surface area contributed by atoms with Crippen LogP contribution < -0.4 is 5.73 Å². The van der Waals surface area contributed by atoms with Crippen molar-refractivity contribution in [2.24, 2.45) is 5.73 Å². The fraction of sp³-hybridized carbons (Fsp3) is 0.0833. The van der Waals surface area contributed by atoms with Gasteiger partial charge in [-0.25, -0.2) is 0 Å². The third kappa shape index (κ3) is 2.75. The number of primary amides is 1. The predicted molar refractivity (Wildman–Crippen MR) is 71.6 cm³/mol. The summed E-state index contributed by atoms with van der Waals surface area (Å²) in [5.41, 5.74) is 5.22. The zero-order valence-corrected chi connectivity index (χ0v) is 10.9. The van der Waals surface area contributed by atoms with Crippen molar-refractivity contribution < 1.29 is 24.6 Å². The summed E-state index contributed by atoms with van der Waals surface area (Å²) >= 11 is 0.649. The third-order valence-corrected chi connectivity index (χ3v) is 3.40. The van der Waals surface area contributed by atoms with Crippen LogP contribution in [0.2, 0.25) is 0 Å². The van der Waals surface area contributed by atoms with Gasteiger partial charge in [0, 0.05) is 11.6 Å². The Morgan fingerprint density at radius 1 is 1.35 bits per heavy atom. The van der Waals surface area contributed by atoms with E-state index in [-0.39, 0.29) is 22.0 Å². The molecule has 7 nitrogen and oxygen atoms in total. The number of phenols is 2. The van der Waals surface area contributed by atoms with Gasteiger partial charge in [-0.05, 0) is 30.0 Å². The SMILES string of the molecule is NC(=O)CN1C(=O)S/C(=C\c2ccc(O)cc2O)C1=O. The second-order valence-electron chi connectivity index (χ2n) is 3.98. The molecule has 104 valence electrons. The van der Waals surface area contributed by atoms with E-state index < -0.39 is 23.6 Å². The van der Waals surface area contributed by atoms with Crippen molar-refractivity contribution in [2.75, 3.05) is 6.54 Å². The van der Waals surface area contributed by atoms with Crippen molar-refractivity contribution in [3.8, 4) is 11.5 Å². The van der Waals surface area contributed by atoms with Crippen LogP contribution in [-0.2, 0) is 9.59 Å². The van der Waals surface area contributed by atoms with Gasteiger partial charge in [0.1, 0.15) is 18.0 Å². The molecule has 0 bridgehead atoms. The Kier molecular flexibility index (Phi) is 3.66. The van der Waals surface area contributed by atoms with Crippen LogP contribution >= 0.6 is 11.8 Å². The number of nitrogens with zero attached hydrogens (tertiary/aromatic N) is 1. The fourth-order valence-electron chi connectivity index (χ4n) is 1.59. The summed E-state index contributed by atoms with van der Waals surface area (Å²) < 4.78 is 0. The maximum absolute atomic E-state index is 11.9. The zero-order chi connectivity index (χ0) is 14.9. The van der Waals surface area contributed by atoms with Gasteiger partial charge in [0.05, 0.1) is 4.91 Å². The molecule has 2 rings (SSSR count). The standard InChI is InChI=1S/C12H10N2O5S/c13-10(17)5-14-11(18)9(20-12(14)19)3-6-1-2-7(15)4-8(6)16/h1-4,15-16H,5H2,(H2,13,17)/b9-3-. The highest BCUT2D eigenvalue weighted by atomic mass is 32.2. The Labute approximate surface area is 117 Å². The van der Waals surface area contributed by atoms with E-state index in [9.17, 15) is 19.5 Å². The molecule has 1 aromatic carbocycles. The van der Waals surface area contributed by atoms with Gasteiger partial charge in [0.25, 0.3) is 11.1 Å². The van der Waals surface area contributed by atoms with Crippen molar-refractivity contribution in [3.63, 3.8) is 0 Å². The Morgan fingerprint density at radius 2 is 2.05 bits per heavy atom. The molecule has 0 unspecified atom stereocenters. The quantitative estimate of drug-likeness (QED) is 0.703. The summed E-state index contributed by atoms with van der Waals surface area (Å²) in [5.74, 6) is -1.79. The number of carbonyl (C=O) groups excluding carboxylic acids is 3. The molecule has 1 aromatic rings. The molecule has 0 radical (unpaired) electrons. The fourth-order valence-corrected chi connectivity index (χ4v) is 2.42. The van der Waals surface area contributed by atoms with E-state index in [1.807, 2.05) is 0 Å². The van der Waals surface area contributed by atoms with E-state index in [1.54, 1.807) is 0 Å². The minimum Gasteiger partial charge on any atom is -0.508 e. The van der Waals surface area contributed by atoms with Gasteiger partial charge in [0.2, 0.25) is 5.91 Å². The molecular formula is C12H10N2O5S. The average molecular weight is 294 g/mol. The third-order valence-electron chi connectivity index (χ3n) is 2.49. The number of amides is 3. The Bertz CT molecular complexity index is 641. The lowest BCUT2D eigenvalue weighted by atomic mass is 10.1. The first kappa shape index (κ1) is 13.9. The predicted octanol–water partition coefficient (Wildman–Crippen LogP) is 0.619. The summed E-state index contributed by atoms with van der Waals surface area (Å²) in [6.45, 7) is -0.483. The first-order valence-corrected chi connectivity index (χ1v) is 6.26. The molecule has 1 saturated heterocycles. The second-order valence-corrected chi connectivity index (χ2v) is 4.97. The van der Waals surface area contributed by atoms with E-state index in [4.69, 9.17) is 10.8 Å². The van der Waals surface area contributed by atoms with Crippen LogP contribution in [0.3, 0.4) is 0 Å². The molecule has 1 aliphatic heterocycles. The number of hydrogen-bond donors (Lipinski definition) is 3. The number of phenolic OH excluding ortho intramolecular Hbond substituents is 2. The first-order valence-electron chi connectivity index (χ1n) is 5.44. The van der Waals surface area contributed by atoms with Gasteiger partial charge in [0.15, 0.2) is 0 Å². The van der Waals surface area contributed by atoms with E-state index in [0.717, 1.165) is 11.0 Å². The zero-order valence-electron chi connectivity index (χ0n) is 10.1. The lowest BCUT2D eigenvalue weighted by Gasteiger charge is -2.08. The normalized spacial score (nSPS) is 17.0. The average Bonchev–Trinajstić information content (AvgIpc) is 2.60. The van der Waals surface area contributed by atoms with Crippen molar-refractivity contribution >= 4 is 34.9 Å². The monoisotopic (exact) mass is 294 g/mol. The van der Waals surface area contributed by atoms with Crippen LogP contribution in [0.1, 0.15) is 5.56 Å². The molecular weight excluding hydrogens is 284 g/mol. The largest absolute Gasteiger partial charge is 0.508 e. The highest BCUT2D eigenvalue weighted by Gasteiger charge is 2.35. The van der Waals surface area contributed by atoms with Gasteiger partial charge in [-0.2, -0.15) is 0 Å². The Hall–Kier alpha value is -2.48. The summed E-state index contributed by atoms with van der Waals surface area (Å²) in [5, 5.41) is 18.2. The van der Waals surface area contributed by atoms with Crippen LogP contribution in [0.25, 0.3) is 6.08 Å². The molecule has 0 atom stereocenters. The van der Waals surface area contributed by atoms with Crippen molar-refractivity contribution in [2.45, 2.75) is 0 Å². The summed E-state index contributed by atoms with van der Waals surface area (Å²) in [4.78, 5) is 35.1. The van der Waals surface area contributed by atoms with Gasteiger partial charge in [-0.15, -0.1) is 0 Å². The van der Waals surface area contributed by atoms with Crippen LogP contribution in [0, 0.1) is 0 Å². The molecule has 0 saturated carbocycles. The number of benzene rings is 1. The van der Waals surface area contributed by atoms with Crippen molar-refractivity contribution in [3.05, 3.63) is 28.7 Å². The number of carbonyl (C=O) groups is 3. The van der Waals surface area contributed by atoms with Crippen molar-refractivity contribution in [1.29, 1.82) is 0 Å². The lowest BCUT2D eigenvalue weighted by Crippen LogP contribution is -2.36. The molecule has 1 aliphatic rings. The van der Waals surface area contributed by atoms with Crippen molar-refractivity contribution in [1.82, 2.24) is 4.90 Å². The molecule has 20 heavy (non-hydrogen) atoms. The van der Waals surface area contributed by atoms with Gasteiger partial charge in [-0.1, -0.05) is 0 Å². The molecule has 4 N–H and O–H groups in total. The topological polar surface area (TPSA) is 121 Å². The van der Waals surface area contributed by atoms with Gasteiger partial charge >= 0.3 is 0 Å². The molecule has 1 heterocycles. The highest BCUT2D eigenvalue weighted by Crippen LogP contribution is 2.34. The van der Waals surface area contributed by atoms with E-state index in [1.165, 1.54) is 18.2 Å². The summed E-state index contributed by atoms with van der Waals surface area (Å²) in [6.07, 6.45) is 1.31. The minimum atomic E-state index is -0.791. The summed E-state index contributed by atoms with van der Waals surface area (Å²) in [7, 11) is 0. The number of aromatic hydroxyl groups is 2. The van der Waals surface area contributed by atoms with Gasteiger partial charge in [-0.3, -0.25) is 19.3 Å². The molecule has 0 spiro atoms.